The van der Waals surface area contributed by atoms with Crippen molar-refractivity contribution >= 4 is 27.5 Å². The second-order valence-electron chi connectivity index (χ2n) is 4.87. The van der Waals surface area contributed by atoms with Gasteiger partial charge in [-0.25, -0.2) is 0 Å². The Bertz CT molecular complexity index is 782. The molecule has 2 nitrogen and oxygen atoms in total. The maximum absolute atomic E-state index is 12.6. The van der Waals surface area contributed by atoms with Gasteiger partial charge in [0.25, 0.3) is 5.91 Å². The summed E-state index contributed by atoms with van der Waals surface area (Å²) in [6.07, 6.45) is 0. The topological polar surface area (TPSA) is 29.1 Å². The van der Waals surface area contributed by atoms with E-state index in [1.165, 1.54) is 0 Å². The predicted molar refractivity (Wildman–Crippen MR) is 94.0 cm³/mol. The monoisotopic (exact) mass is 351 g/mol. The van der Waals surface area contributed by atoms with Crippen LogP contribution in [0.5, 0.6) is 0 Å². The summed E-state index contributed by atoms with van der Waals surface area (Å²) >= 11 is 3.39. The maximum Gasteiger partial charge on any atom is 0.256 e. The van der Waals surface area contributed by atoms with Gasteiger partial charge in [0, 0.05) is 15.7 Å². The van der Waals surface area contributed by atoms with Gasteiger partial charge in [-0.3, -0.25) is 4.79 Å². The van der Waals surface area contributed by atoms with Gasteiger partial charge in [0.15, 0.2) is 0 Å². The van der Waals surface area contributed by atoms with Crippen LogP contribution in [0.25, 0.3) is 11.1 Å². The third-order valence-electron chi connectivity index (χ3n) is 3.36. The van der Waals surface area contributed by atoms with Gasteiger partial charge < -0.3 is 5.32 Å². The summed E-state index contributed by atoms with van der Waals surface area (Å²) in [5, 5.41) is 2.94. The molecule has 0 aromatic heterocycles. The number of amides is 1. The minimum Gasteiger partial charge on any atom is -0.322 e. The van der Waals surface area contributed by atoms with Crippen LogP contribution >= 0.6 is 15.9 Å². The Morgan fingerprint density at radius 1 is 0.773 bits per heavy atom. The van der Waals surface area contributed by atoms with Gasteiger partial charge in [-0.05, 0) is 41.5 Å². The van der Waals surface area contributed by atoms with Crippen molar-refractivity contribution in [1.29, 1.82) is 0 Å². The van der Waals surface area contributed by atoms with E-state index in [0.29, 0.717) is 5.56 Å². The first-order valence-corrected chi connectivity index (χ1v) is 7.75. The molecule has 3 aromatic rings. The molecule has 22 heavy (non-hydrogen) atoms. The molecule has 0 aliphatic heterocycles. The van der Waals surface area contributed by atoms with E-state index in [2.05, 4.69) is 21.2 Å². The van der Waals surface area contributed by atoms with E-state index < -0.39 is 0 Å². The van der Waals surface area contributed by atoms with Crippen LogP contribution in [0.2, 0.25) is 0 Å². The van der Waals surface area contributed by atoms with Gasteiger partial charge in [0.1, 0.15) is 0 Å². The highest BCUT2D eigenvalue weighted by molar-refractivity contribution is 9.10. The number of carbonyl (C=O) groups is 1. The summed E-state index contributed by atoms with van der Waals surface area (Å²) in [5.41, 5.74) is 3.40. The highest BCUT2D eigenvalue weighted by atomic mass is 79.9. The van der Waals surface area contributed by atoms with Crippen LogP contribution in [0.4, 0.5) is 5.69 Å². The highest BCUT2D eigenvalue weighted by Crippen LogP contribution is 2.24. The van der Waals surface area contributed by atoms with Crippen molar-refractivity contribution in [3.8, 4) is 11.1 Å². The van der Waals surface area contributed by atoms with Gasteiger partial charge in [0.2, 0.25) is 0 Å². The first kappa shape index (κ1) is 14.5. The number of hydrogen-bond donors (Lipinski definition) is 1. The molecule has 0 saturated heterocycles. The van der Waals surface area contributed by atoms with Crippen LogP contribution in [0, 0.1) is 0 Å². The molecule has 0 fully saturated rings. The Labute approximate surface area is 137 Å². The van der Waals surface area contributed by atoms with Crippen molar-refractivity contribution in [2.45, 2.75) is 0 Å². The molecule has 0 aliphatic rings. The fraction of sp³-hybridized carbons (Fsp3) is 0. The van der Waals surface area contributed by atoms with Crippen LogP contribution in [-0.4, -0.2) is 5.91 Å². The number of rotatable bonds is 3. The second kappa shape index (κ2) is 6.58. The third kappa shape index (κ3) is 3.26. The van der Waals surface area contributed by atoms with Crippen LogP contribution in [0.15, 0.2) is 83.3 Å². The molecular weight excluding hydrogens is 338 g/mol. The summed E-state index contributed by atoms with van der Waals surface area (Å²) in [5.74, 6) is -0.109. The largest absolute Gasteiger partial charge is 0.322 e. The highest BCUT2D eigenvalue weighted by Gasteiger charge is 2.12. The number of halogens is 1. The molecule has 1 amide bonds. The first-order valence-electron chi connectivity index (χ1n) is 6.95. The quantitative estimate of drug-likeness (QED) is 0.675. The Balaban J connectivity index is 1.91. The Morgan fingerprint density at radius 3 is 2.14 bits per heavy atom. The van der Waals surface area contributed by atoms with Gasteiger partial charge >= 0.3 is 0 Å². The van der Waals surface area contributed by atoms with Gasteiger partial charge in [-0.1, -0.05) is 64.5 Å². The molecule has 0 saturated carbocycles. The summed E-state index contributed by atoms with van der Waals surface area (Å²) in [6, 6.07) is 25.1. The summed E-state index contributed by atoms with van der Waals surface area (Å²) in [6.45, 7) is 0. The van der Waals surface area contributed by atoms with Crippen LogP contribution in [-0.2, 0) is 0 Å². The Hall–Kier alpha value is -2.39. The summed E-state index contributed by atoms with van der Waals surface area (Å²) < 4.78 is 0.982. The normalized spacial score (nSPS) is 10.2. The zero-order valence-corrected chi connectivity index (χ0v) is 13.4. The lowest BCUT2D eigenvalue weighted by Crippen LogP contribution is -2.13. The molecule has 0 bridgehead atoms. The standard InChI is InChI=1S/C19H14BrNO/c20-15-10-12-16(13-11-15)21-19(22)18-9-5-4-8-17(18)14-6-2-1-3-7-14/h1-13H,(H,21,22). The number of anilines is 1. The number of hydrogen-bond acceptors (Lipinski definition) is 1. The molecule has 108 valence electrons. The molecule has 3 heteroatoms. The van der Waals surface area contributed by atoms with E-state index >= 15 is 0 Å². The van der Waals surface area contributed by atoms with Gasteiger partial charge in [-0.15, -0.1) is 0 Å². The van der Waals surface area contributed by atoms with E-state index in [9.17, 15) is 4.79 Å². The van der Waals surface area contributed by atoms with E-state index in [1.807, 2.05) is 78.9 Å². The van der Waals surface area contributed by atoms with Crippen LogP contribution in [0.1, 0.15) is 10.4 Å². The van der Waals surface area contributed by atoms with Crippen molar-refractivity contribution in [2.24, 2.45) is 0 Å². The van der Waals surface area contributed by atoms with Crippen molar-refractivity contribution in [3.63, 3.8) is 0 Å². The average Bonchev–Trinajstić information content (AvgIpc) is 2.58. The number of nitrogens with one attached hydrogen (secondary N) is 1. The molecular formula is C19H14BrNO. The molecule has 0 spiro atoms. The molecule has 0 atom stereocenters. The number of benzene rings is 3. The lowest BCUT2D eigenvalue weighted by atomic mass is 9.99. The predicted octanol–water partition coefficient (Wildman–Crippen LogP) is 5.37. The molecule has 3 rings (SSSR count). The van der Waals surface area contributed by atoms with Crippen LogP contribution < -0.4 is 5.32 Å². The average molecular weight is 352 g/mol. The fourth-order valence-electron chi connectivity index (χ4n) is 2.28. The molecule has 0 unspecified atom stereocenters. The van der Waals surface area contributed by atoms with Gasteiger partial charge in [-0.2, -0.15) is 0 Å². The van der Waals surface area contributed by atoms with Crippen LogP contribution in [0.3, 0.4) is 0 Å². The number of carbonyl (C=O) groups excluding carboxylic acids is 1. The second-order valence-corrected chi connectivity index (χ2v) is 5.79. The third-order valence-corrected chi connectivity index (χ3v) is 3.89. The van der Waals surface area contributed by atoms with Crippen molar-refractivity contribution in [3.05, 3.63) is 88.9 Å². The smallest absolute Gasteiger partial charge is 0.256 e. The lowest BCUT2D eigenvalue weighted by Gasteiger charge is -2.10. The van der Waals surface area contributed by atoms with Crippen molar-refractivity contribution < 1.29 is 4.79 Å². The van der Waals surface area contributed by atoms with E-state index in [1.54, 1.807) is 0 Å². The molecule has 0 radical (unpaired) electrons. The van der Waals surface area contributed by atoms with Crippen molar-refractivity contribution in [2.75, 3.05) is 5.32 Å². The minimum atomic E-state index is -0.109. The SMILES string of the molecule is O=C(Nc1ccc(Br)cc1)c1ccccc1-c1ccccc1. The Kier molecular flexibility index (Phi) is 4.35. The zero-order valence-electron chi connectivity index (χ0n) is 11.8. The van der Waals surface area contributed by atoms with Gasteiger partial charge in [0.05, 0.1) is 0 Å². The summed E-state index contributed by atoms with van der Waals surface area (Å²) in [7, 11) is 0. The lowest BCUT2D eigenvalue weighted by molar-refractivity contribution is 0.102. The Morgan fingerprint density at radius 2 is 1.41 bits per heavy atom. The van der Waals surface area contributed by atoms with E-state index in [-0.39, 0.29) is 5.91 Å². The fourth-order valence-corrected chi connectivity index (χ4v) is 2.55. The molecule has 3 aromatic carbocycles. The van der Waals surface area contributed by atoms with Crippen molar-refractivity contribution in [1.82, 2.24) is 0 Å². The van der Waals surface area contributed by atoms with E-state index in [0.717, 1.165) is 21.3 Å². The maximum atomic E-state index is 12.6. The summed E-state index contributed by atoms with van der Waals surface area (Å²) in [4.78, 5) is 12.6. The first-order chi connectivity index (χ1) is 10.7. The molecule has 1 N–H and O–H groups in total. The minimum absolute atomic E-state index is 0.109. The van der Waals surface area contributed by atoms with E-state index in [4.69, 9.17) is 0 Å². The zero-order chi connectivity index (χ0) is 15.4. The molecule has 0 aliphatic carbocycles. The molecule has 0 heterocycles.